The van der Waals surface area contributed by atoms with E-state index < -0.39 is 17.6 Å². The summed E-state index contributed by atoms with van der Waals surface area (Å²) in [4.78, 5) is 39.7. The van der Waals surface area contributed by atoms with Gasteiger partial charge >= 0.3 is 11.8 Å². The van der Waals surface area contributed by atoms with Crippen molar-refractivity contribution in [3.05, 3.63) is 24.0 Å². The normalized spacial score (nSPS) is 21.8. The fraction of sp³-hybridized carbons (Fsp3) is 0.571. The first-order valence-corrected chi connectivity index (χ1v) is 10.4. The van der Waals surface area contributed by atoms with E-state index in [0.29, 0.717) is 31.9 Å². The van der Waals surface area contributed by atoms with Crippen LogP contribution in [0.15, 0.2) is 18.2 Å². The number of piperidine rings is 1. The maximum Gasteiger partial charge on any atom is 0.313 e. The van der Waals surface area contributed by atoms with Gasteiger partial charge in [-0.1, -0.05) is 0 Å². The van der Waals surface area contributed by atoms with Crippen LogP contribution in [0.2, 0.25) is 0 Å². The molecule has 2 heterocycles. The van der Waals surface area contributed by atoms with Crippen molar-refractivity contribution in [1.29, 1.82) is 0 Å². The second-order valence-electron chi connectivity index (χ2n) is 7.91. The molecule has 0 spiro atoms. The molecule has 8 nitrogen and oxygen atoms in total. The number of carbonyl (C=O) groups excluding carboxylic acids is 3. The molecule has 2 unspecified atom stereocenters. The van der Waals surface area contributed by atoms with Gasteiger partial charge in [0.25, 0.3) is 0 Å². The highest BCUT2D eigenvalue weighted by Crippen LogP contribution is 2.26. The largest absolute Gasteiger partial charge is 0.372 e. The van der Waals surface area contributed by atoms with Crippen LogP contribution in [0.4, 0.5) is 15.8 Å². The lowest BCUT2D eigenvalue weighted by atomic mass is 10.1. The first kappa shape index (κ1) is 22.0. The maximum absolute atomic E-state index is 14.6. The molecule has 2 fully saturated rings. The molecule has 1 aromatic rings. The Morgan fingerprint density at radius 2 is 1.73 bits per heavy atom. The van der Waals surface area contributed by atoms with Crippen molar-refractivity contribution in [2.24, 2.45) is 0 Å². The average Bonchev–Trinajstić information content (AvgIpc) is 2.71. The lowest BCUT2D eigenvalue weighted by molar-refractivity contribution is -0.138. The highest BCUT2D eigenvalue weighted by Gasteiger charge is 2.25. The van der Waals surface area contributed by atoms with Crippen LogP contribution in [-0.4, -0.2) is 67.6 Å². The van der Waals surface area contributed by atoms with Gasteiger partial charge in [-0.15, -0.1) is 0 Å². The average molecular weight is 420 g/mol. The van der Waals surface area contributed by atoms with Crippen LogP contribution >= 0.6 is 0 Å². The summed E-state index contributed by atoms with van der Waals surface area (Å²) < 4.78 is 20.3. The van der Waals surface area contributed by atoms with Gasteiger partial charge in [-0.05, 0) is 51.3 Å². The van der Waals surface area contributed by atoms with Crippen LogP contribution in [0.25, 0.3) is 0 Å². The zero-order valence-corrected chi connectivity index (χ0v) is 17.4. The predicted molar refractivity (Wildman–Crippen MR) is 111 cm³/mol. The molecule has 2 aliphatic rings. The zero-order chi connectivity index (χ0) is 21.7. The number of benzene rings is 1. The van der Waals surface area contributed by atoms with Crippen LogP contribution in [0, 0.1) is 5.82 Å². The van der Waals surface area contributed by atoms with Crippen LogP contribution < -0.4 is 15.5 Å². The molecule has 2 N–H and O–H groups in total. The number of nitrogens with one attached hydrogen (secondary N) is 2. The molecule has 0 bridgehead atoms. The summed E-state index contributed by atoms with van der Waals surface area (Å²) in [7, 11) is 0. The predicted octanol–water partition coefficient (Wildman–Crippen LogP) is 1.51. The standard InChI is InChI=1S/C21H29FN4O4/c1-14-12-26(13-15(2)30-14)18-7-6-16(10-17(18)22)24-21(29)20(28)23-11-19(27)25-8-4-3-5-9-25/h6-7,10,14-15H,3-5,8-9,11-13H2,1-2H3,(H,23,28)(H,24,29). The van der Waals surface area contributed by atoms with Gasteiger partial charge in [0.2, 0.25) is 5.91 Å². The minimum atomic E-state index is -0.942. The van der Waals surface area contributed by atoms with Crippen molar-refractivity contribution in [1.82, 2.24) is 10.2 Å². The van der Waals surface area contributed by atoms with Crippen molar-refractivity contribution >= 4 is 29.1 Å². The number of amides is 3. The van der Waals surface area contributed by atoms with Crippen molar-refractivity contribution in [3.8, 4) is 0 Å². The summed E-state index contributed by atoms with van der Waals surface area (Å²) in [5, 5.41) is 4.70. The highest BCUT2D eigenvalue weighted by molar-refractivity contribution is 6.39. The Balaban J connectivity index is 1.52. The lowest BCUT2D eigenvalue weighted by Crippen LogP contribution is -2.45. The minimum Gasteiger partial charge on any atom is -0.372 e. The van der Waals surface area contributed by atoms with Gasteiger partial charge < -0.3 is 25.2 Å². The summed E-state index contributed by atoms with van der Waals surface area (Å²) in [5.74, 6) is -2.57. The molecule has 3 rings (SSSR count). The quantitative estimate of drug-likeness (QED) is 0.721. The molecule has 164 valence electrons. The van der Waals surface area contributed by atoms with E-state index in [1.165, 1.54) is 6.07 Å². The summed E-state index contributed by atoms with van der Waals surface area (Å²) in [6.07, 6.45) is 2.97. The topological polar surface area (TPSA) is 91.0 Å². The fourth-order valence-electron chi connectivity index (χ4n) is 3.89. The second kappa shape index (κ2) is 9.88. The Labute approximate surface area is 175 Å². The van der Waals surface area contributed by atoms with Crippen molar-refractivity contribution < 1.29 is 23.5 Å². The number of morpholine rings is 1. The van der Waals surface area contributed by atoms with E-state index in [4.69, 9.17) is 4.74 Å². The highest BCUT2D eigenvalue weighted by atomic mass is 19.1. The van der Waals surface area contributed by atoms with Gasteiger partial charge in [-0.25, -0.2) is 4.39 Å². The summed E-state index contributed by atoms with van der Waals surface area (Å²) in [6, 6.07) is 4.31. The van der Waals surface area contributed by atoms with Crippen LogP contribution in [0.1, 0.15) is 33.1 Å². The summed E-state index contributed by atoms with van der Waals surface area (Å²) >= 11 is 0. The van der Waals surface area contributed by atoms with E-state index in [0.717, 1.165) is 19.3 Å². The van der Waals surface area contributed by atoms with E-state index in [1.807, 2.05) is 18.7 Å². The van der Waals surface area contributed by atoms with E-state index >= 15 is 0 Å². The number of anilines is 2. The molecule has 2 aliphatic heterocycles. The number of hydrogen-bond donors (Lipinski definition) is 2. The number of halogens is 1. The van der Waals surface area contributed by atoms with Gasteiger partial charge in [0.15, 0.2) is 0 Å². The number of rotatable bonds is 4. The maximum atomic E-state index is 14.6. The molecular formula is C21H29FN4O4. The van der Waals surface area contributed by atoms with E-state index in [1.54, 1.807) is 17.0 Å². The van der Waals surface area contributed by atoms with Crippen molar-refractivity contribution in [2.75, 3.05) is 42.9 Å². The molecule has 2 atom stereocenters. The summed E-state index contributed by atoms with van der Waals surface area (Å²) in [6.45, 7) is 6.13. The monoisotopic (exact) mass is 420 g/mol. The third kappa shape index (κ3) is 5.69. The first-order valence-electron chi connectivity index (χ1n) is 10.4. The Morgan fingerprint density at radius 1 is 1.07 bits per heavy atom. The van der Waals surface area contributed by atoms with Gasteiger partial charge in [-0.2, -0.15) is 0 Å². The molecule has 0 aliphatic carbocycles. The Morgan fingerprint density at radius 3 is 2.37 bits per heavy atom. The Hall–Kier alpha value is -2.68. The number of nitrogens with zero attached hydrogens (tertiary/aromatic N) is 2. The third-order valence-corrected chi connectivity index (χ3v) is 5.28. The van der Waals surface area contributed by atoms with Crippen LogP contribution in [0.3, 0.4) is 0 Å². The molecule has 0 radical (unpaired) electrons. The number of likely N-dealkylation sites (tertiary alicyclic amines) is 1. The molecule has 9 heteroatoms. The van der Waals surface area contributed by atoms with Gasteiger partial charge in [0.05, 0.1) is 24.4 Å². The molecule has 30 heavy (non-hydrogen) atoms. The van der Waals surface area contributed by atoms with Gasteiger partial charge in [0.1, 0.15) is 5.82 Å². The van der Waals surface area contributed by atoms with E-state index in [9.17, 15) is 18.8 Å². The van der Waals surface area contributed by atoms with E-state index in [2.05, 4.69) is 10.6 Å². The third-order valence-electron chi connectivity index (χ3n) is 5.28. The summed E-state index contributed by atoms with van der Waals surface area (Å²) in [5.41, 5.74) is 0.597. The molecule has 2 saturated heterocycles. The molecule has 0 saturated carbocycles. The Kier molecular flexibility index (Phi) is 7.25. The molecule has 3 amide bonds. The Bertz CT molecular complexity index is 787. The fourth-order valence-corrected chi connectivity index (χ4v) is 3.89. The van der Waals surface area contributed by atoms with Crippen LogP contribution in [-0.2, 0) is 19.1 Å². The number of ether oxygens (including phenoxy) is 1. The molecular weight excluding hydrogens is 391 g/mol. The van der Waals surface area contributed by atoms with Crippen molar-refractivity contribution in [2.45, 2.75) is 45.3 Å². The number of carbonyl (C=O) groups is 3. The van der Waals surface area contributed by atoms with Crippen LogP contribution in [0.5, 0.6) is 0 Å². The molecule has 1 aromatic carbocycles. The molecule has 0 aromatic heterocycles. The number of hydrogen-bond acceptors (Lipinski definition) is 5. The first-order chi connectivity index (χ1) is 14.3. The zero-order valence-electron chi connectivity index (χ0n) is 17.4. The van der Waals surface area contributed by atoms with Crippen molar-refractivity contribution in [3.63, 3.8) is 0 Å². The lowest BCUT2D eigenvalue weighted by Gasteiger charge is -2.37. The SMILES string of the molecule is CC1CN(c2ccc(NC(=O)C(=O)NCC(=O)N3CCCCC3)cc2F)CC(C)O1. The second-order valence-corrected chi connectivity index (χ2v) is 7.91. The smallest absolute Gasteiger partial charge is 0.313 e. The van der Waals surface area contributed by atoms with E-state index in [-0.39, 0.29) is 30.3 Å². The van der Waals surface area contributed by atoms with Gasteiger partial charge in [-0.3, -0.25) is 14.4 Å². The van der Waals surface area contributed by atoms with Gasteiger partial charge in [0, 0.05) is 31.9 Å². The minimum absolute atomic E-state index is 0.0103.